The summed E-state index contributed by atoms with van der Waals surface area (Å²) >= 11 is 1.46. The molecule has 0 aliphatic heterocycles. The molecular weight excluding hydrogens is 360 g/mol. The zero-order chi connectivity index (χ0) is 18.7. The quantitative estimate of drug-likeness (QED) is 0.714. The van der Waals surface area contributed by atoms with Crippen molar-refractivity contribution in [2.24, 2.45) is 0 Å². The molecule has 1 aromatic carbocycles. The standard InChI is InChI=1S/C17H17F2N5OS/c1-10-8-11(2)24(23-10)17-21-12(9-26-17)6-7-20-16(25)22-15-13(18)4-3-5-14(15)19/h3-5,8-9H,6-7H2,1-2H3,(H2,20,22,25). The Balaban J connectivity index is 1.54. The third-order valence-corrected chi connectivity index (χ3v) is 4.46. The van der Waals surface area contributed by atoms with Crippen molar-refractivity contribution in [1.82, 2.24) is 20.1 Å². The Morgan fingerprint density at radius 3 is 2.65 bits per heavy atom. The van der Waals surface area contributed by atoms with Gasteiger partial charge in [-0.05, 0) is 32.0 Å². The second-order valence-corrected chi connectivity index (χ2v) is 6.52. The molecule has 0 fully saturated rings. The average molecular weight is 377 g/mol. The number of anilines is 1. The zero-order valence-electron chi connectivity index (χ0n) is 14.2. The minimum Gasteiger partial charge on any atom is -0.337 e. The number of urea groups is 1. The maximum atomic E-state index is 13.5. The lowest BCUT2D eigenvalue weighted by Crippen LogP contribution is -2.31. The van der Waals surface area contributed by atoms with Gasteiger partial charge in [-0.25, -0.2) is 23.2 Å². The highest BCUT2D eigenvalue weighted by molar-refractivity contribution is 7.12. The van der Waals surface area contributed by atoms with Crippen LogP contribution in [0.15, 0.2) is 29.6 Å². The van der Waals surface area contributed by atoms with Crippen molar-refractivity contribution in [1.29, 1.82) is 0 Å². The Bertz CT molecular complexity index is 917. The van der Waals surface area contributed by atoms with Crippen LogP contribution in [0.2, 0.25) is 0 Å². The molecule has 9 heteroatoms. The van der Waals surface area contributed by atoms with Gasteiger partial charge in [0.15, 0.2) is 0 Å². The number of para-hydroxylation sites is 1. The van der Waals surface area contributed by atoms with Gasteiger partial charge in [-0.3, -0.25) is 0 Å². The highest BCUT2D eigenvalue weighted by atomic mass is 32.1. The van der Waals surface area contributed by atoms with Crippen molar-refractivity contribution in [3.05, 3.63) is 58.4 Å². The predicted molar refractivity (Wildman–Crippen MR) is 95.8 cm³/mol. The van der Waals surface area contributed by atoms with Gasteiger partial charge in [-0.2, -0.15) is 5.10 Å². The van der Waals surface area contributed by atoms with Crippen LogP contribution < -0.4 is 10.6 Å². The van der Waals surface area contributed by atoms with Crippen LogP contribution in [0.4, 0.5) is 19.3 Å². The van der Waals surface area contributed by atoms with Crippen LogP contribution in [0.3, 0.4) is 0 Å². The van der Waals surface area contributed by atoms with Crippen molar-refractivity contribution in [3.8, 4) is 5.13 Å². The maximum Gasteiger partial charge on any atom is 0.319 e. The fourth-order valence-corrected chi connectivity index (χ4v) is 3.28. The Hall–Kier alpha value is -2.81. The third kappa shape index (κ3) is 4.05. The minimum absolute atomic E-state index is 0.280. The molecule has 0 aliphatic carbocycles. The first-order chi connectivity index (χ1) is 12.4. The summed E-state index contributed by atoms with van der Waals surface area (Å²) < 4.78 is 28.8. The molecule has 0 saturated carbocycles. The van der Waals surface area contributed by atoms with Crippen LogP contribution in [0.1, 0.15) is 17.1 Å². The van der Waals surface area contributed by atoms with Gasteiger partial charge in [0.1, 0.15) is 17.3 Å². The number of carbonyl (C=O) groups excluding carboxylic acids is 1. The third-order valence-electron chi connectivity index (χ3n) is 3.60. The van der Waals surface area contributed by atoms with E-state index in [0.717, 1.165) is 34.3 Å². The Morgan fingerprint density at radius 2 is 2.00 bits per heavy atom. The van der Waals surface area contributed by atoms with E-state index in [1.54, 1.807) is 4.68 Å². The molecule has 0 aliphatic rings. The van der Waals surface area contributed by atoms with Crippen LogP contribution in [-0.2, 0) is 6.42 Å². The van der Waals surface area contributed by atoms with Crippen LogP contribution in [0.5, 0.6) is 0 Å². The number of thiazole rings is 1. The lowest BCUT2D eigenvalue weighted by Gasteiger charge is -2.08. The van der Waals surface area contributed by atoms with Crippen LogP contribution in [-0.4, -0.2) is 27.3 Å². The molecule has 3 rings (SSSR count). The first-order valence-electron chi connectivity index (χ1n) is 7.91. The van der Waals surface area contributed by atoms with Gasteiger partial charge in [-0.15, -0.1) is 11.3 Å². The molecular formula is C17H17F2N5OS. The van der Waals surface area contributed by atoms with E-state index in [9.17, 15) is 13.6 Å². The van der Waals surface area contributed by atoms with Crippen molar-refractivity contribution in [3.63, 3.8) is 0 Å². The van der Waals surface area contributed by atoms with Crippen molar-refractivity contribution < 1.29 is 13.6 Å². The number of benzene rings is 1. The number of nitrogens with one attached hydrogen (secondary N) is 2. The number of rotatable bonds is 5. The van der Waals surface area contributed by atoms with Gasteiger partial charge in [0, 0.05) is 24.0 Å². The number of hydrogen-bond donors (Lipinski definition) is 2. The van der Waals surface area contributed by atoms with Gasteiger partial charge >= 0.3 is 6.03 Å². The SMILES string of the molecule is Cc1cc(C)n(-c2nc(CCNC(=O)Nc3c(F)cccc3F)cs2)n1. The molecule has 0 unspecified atom stereocenters. The molecule has 6 nitrogen and oxygen atoms in total. The summed E-state index contributed by atoms with van der Waals surface area (Å²) in [4.78, 5) is 16.3. The maximum absolute atomic E-state index is 13.5. The van der Waals surface area contributed by atoms with Crippen molar-refractivity contribution in [2.75, 3.05) is 11.9 Å². The van der Waals surface area contributed by atoms with E-state index in [4.69, 9.17) is 0 Å². The van der Waals surface area contributed by atoms with Crippen LogP contribution in [0.25, 0.3) is 5.13 Å². The molecule has 0 saturated heterocycles. The van der Waals surface area contributed by atoms with Crippen LogP contribution in [0, 0.1) is 25.5 Å². The summed E-state index contributed by atoms with van der Waals surface area (Å²) in [6.45, 7) is 4.15. The lowest BCUT2D eigenvalue weighted by atomic mass is 10.3. The molecule has 0 atom stereocenters. The van der Waals surface area contributed by atoms with E-state index >= 15 is 0 Å². The molecule has 3 aromatic rings. The van der Waals surface area contributed by atoms with Crippen molar-refractivity contribution in [2.45, 2.75) is 20.3 Å². The number of nitrogens with zero attached hydrogens (tertiary/aromatic N) is 3. The van der Waals surface area contributed by atoms with E-state index in [1.165, 1.54) is 17.4 Å². The summed E-state index contributed by atoms with van der Waals surface area (Å²) in [6, 6.07) is 4.68. The van der Waals surface area contributed by atoms with E-state index in [0.29, 0.717) is 6.42 Å². The van der Waals surface area contributed by atoms with E-state index < -0.39 is 23.4 Å². The first kappa shape index (κ1) is 18.0. The van der Waals surface area contributed by atoms with E-state index in [2.05, 4.69) is 20.7 Å². The molecule has 0 bridgehead atoms. The number of amides is 2. The molecule has 0 spiro atoms. The van der Waals surface area contributed by atoms with Gasteiger partial charge in [0.05, 0.1) is 11.4 Å². The highest BCUT2D eigenvalue weighted by Gasteiger charge is 2.12. The van der Waals surface area contributed by atoms with E-state index in [1.807, 2.05) is 25.3 Å². The number of hydrogen-bond acceptors (Lipinski definition) is 4. The minimum atomic E-state index is -0.825. The van der Waals surface area contributed by atoms with Gasteiger partial charge in [-0.1, -0.05) is 6.07 Å². The topological polar surface area (TPSA) is 71.8 Å². The fraction of sp³-hybridized carbons (Fsp3) is 0.235. The Morgan fingerprint density at radius 1 is 1.27 bits per heavy atom. The Kier molecular flexibility index (Phi) is 5.27. The molecule has 0 radical (unpaired) electrons. The number of aryl methyl sites for hydroxylation is 2. The smallest absolute Gasteiger partial charge is 0.319 e. The Labute approximate surface area is 152 Å². The fourth-order valence-electron chi connectivity index (χ4n) is 2.41. The van der Waals surface area contributed by atoms with Gasteiger partial charge in [0.25, 0.3) is 0 Å². The second kappa shape index (κ2) is 7.61. The van der Waals surface area contributed by atoms with E-state index in [-0.39, 0.29) is 6.54 Å². The molecule has 2 aromatic heterocycles. The predicted octanol–water partition coefficient (Wildman–Crippen LogP) is 3.59. The second-order valence-electron chi connectivity index (χ2n) is 5.69. The first-order valence-corrected chi connectivity index (χ1v) is 8.79. The van der Waals surface area contributed by atoms with Crippen LogP contribution >= 0.6 is 11.3 Å². The molecule has 2 amide bonds. The summed E-state index contributed by atoms with van der Waals surface area (Å²) in [5.41, 5.74) is 2.24. The van der Waals surface area contributed by atoms with Gasteiger partial charge < -0.3 is 10.6 Å². The molecule has 2 N–H and O–H groups in total. The number of aromatic nitrogens is 3. The monoisotopic (exact) mass is 377 g/mol. The molecule has 136 valence electrons. The lowest BCUT2D eigenvalue weighted by molar-refractivity contribution is 0.252. The summed E-state index contributed by atoms with van der Waals surface area (Å²) in [7, 11) is 0. The summed E-state index contributed by atoms with van der Waals surface area (Å²) in [5.74, 6) is -1.65. The normalized spacial score (nSPS) is 10.8. The molecule has 26 heavy (non-hydrogen) atoms. The zero-order valence-corrected chi connectivity index (χ0v) is 15.0. The summed E-state index contributed by atoms with van der Waals surface area (Å²) in [6.07, 6.45) is 0.489. The average Bonchev–Trinajstić information content (AvgIpc) is 3.17. The number of halogens is 2. The summed E-state index contributed by atoms with van der Waals surface area (Å²) in [5, 5.41) is 11.8. The number of carbonyl (C=O) groups is 1. The highest BCUT2D eigenvalue weighted by Crippen LogP contribution is 2.18. The molecule has 2 heterocycles. The van der Waals surface area contributed by atoms with Gasteiger partial charge in [0.2, 0.25) is 5.13 Å². The van der Waals surface area contributed by atoms with Crippen molar-refractivity contribution >= 4 is 23.1 Å². The largest absolute Gasteiger partial charge is 0.337 e.